The monoisotopic (exact) mass is 215 g/mol. The molecule has 0 radical (unpaired) electrons. The summed E-state index contributed by atoms with van der Waals surface area (Å²) in [6.07, 6.45) is 5.75. The Hall–Kier alpha value is -0.200. The highest BCUT2D eigenvalue weighted by atomic mass is 31.1. The van der Waals surface area contributed by atoms with Crippen LogP contribution in [-0.4, -0.2) is 42.8 Å². The van der Waals surface area contributed by atoms with Crippen LogP contribution in [-0.2, 0) is 4.79 Å². The van der Waals surface area contributed by atoms with Crippen molar-refractivity contribution in [3.05, 3.63) is 0 Å². The molecule has 0 aliphatic rings. The van der Waals surface area contributed by atoms with E-state index < -0.39 is 0 Å². The Morgan fingerprint density at radius 1 is 1.50 bits per heavy atom. The normalized spacial score (nSPS) is 15.8. The van der Waals surface area contributed by atoms with E-state index in [-0.39, 0.29) is 12.0 Å². The molecular formula is C11H22NOP. The molecule has 14 heavy (non-hydrogen) atoms. The smallest absolute Gasteiger partial charge is 0.152 e. The molecule has 2 nitrogen and oxygen atoms in total. The highest BCUT2D eigenvalue weighted by Crippen LogP contribution is 2.09. The summed E-state index contributed by atoms with van der Waals surface area (Å²) < 4.78 is 0. The topological polar surface area (TPSA) is 20.3 Å². The number of ketones is 1. The fourth-order valence-electron chi connectivity index (χ4n) is 1.25. The first-order valence-corrected chi connectivity index (χ1v) is 6.47. The molecule has 0 N–H and O–H groups in total. The first kappa shape index (κ1) is 13.8. The summed E-state index contributed by atoms with van der Waals surface area (Å²) in [6, 6.07) is 0.0479. The van der Waals surface area contributed by atoms with Crippen LogP contribution in [0.3, 0.4) is 0 Å². The van der Waals surface area contributed by atoms with E-state index in [0.717, 1.165) is 27.3 Å². The van der Waals surface area contributed by atoms with Crippen molar-refractivity contribution in [3.63, 3.8) is 0 Å². The Bertz CT molecular complexity index is 194. The third-order valence-corrected chi connectivity index (χ3v) is 3.30. The van der Waals surface area contributed by atoms with Crippen LogP contribution in [0.5, 0.6) is 0 Å². The quantitative estimate of drug-likeness (QED) is 0.607. The average molecular weight is 215 g/mol. The third-order valence-electron chi connectivity index (χ3n) is 2.78. The zero-order valence-electron chi connectivity index (χ0n) is 9.79. The number of carbonyl (C=O) groups excluding carboxylic acids is 1. The van der Waals surface area contributed by atoms with Crippen molar-refractivity contribution < 1.29 is 4.79 Å². The molecule has 0 aliphatic heterocycles. The second kappa shape index (κ2) is 7.14. The lowest BCUT2D eigenvalue weighted by atomic mass is 9.98. The van der Waals surface area contributed by atoms with Gasteiger partial charge in [-0.1, -0.05) is 20.1 Å². The van der Waals surface area contributed by atoms with Gasteiger partial charge in [0.1, 0.15) is 0 Å². The Morgan fingerprint density at radius 3 is 2.50 bits per heavy atom. The molecule has 0 bridgehead atoms. The van der Waals surface area contributed by atoms with E-state index in [9.17, 15) is 4.79 Å². The van der Waals surface area contributed by atoms with Crippen molar-refractivity contribution in [1.82, 2.24) is 4.90 Å². The first-order valence-electron chi connectivity index (χ1n) is 5.21. The molecule has 2 atom stereocenters. The second-order valence-corrected chi connectivity index (χ2v) is 4.71. The molecule has 0 aromatic heterocycles. The van der Waals surface area contributed by atoms with Crippen LogP contribution in [0, 0.1) is 5.92 Å². The molecule has 0 saturated carbocycles. The van der Waals surface area contributed by atoms with Crippen LogP contribution >= 0.6 is 8.20 Å². The van der Waals surface area contributed by atoms with Gasteiger partial charge in [0.05, 0.1) is 6.04 Å². The number of Topliss-reactive ketones (excluding diaryl/α,β-unsaturated/α-hetero) is 1. The van der Waals surface area contributed by atoms with Crippen LogP contribution in [0.2, 0.25) is 0 Å². The van der Waals surface area contributed by atoms with Gasteiger partial charge in [-0.2, -0.15) is 0 Å². The maximum absolute atomic E-state index is 11.8. The molecule has 0 aliphatic carbocycles. The maximum Gasteiger partial charge on any atom is 0.152 e. The van der Waals surface area contributed by atoms with E-state index in [2.05, 4.69) is 18.1 Å². The lowest BCUT2D eigenvalue weighted by Crippen LogP contribution is -2.39. The second-order valence-electron chi connectivity index (χ2n) is 3.82. The molecular weight excluding hydrogens is 193 g/mol. The zero-order valence-corrected chi connectivity index (χ0v) is 10.7. The van der Waals surface area contributed by atoms with Crippen LogP contribution < -0.4 is 0 Å². The molecule has 2 unspecified atom stereocenters. The maximum atomic E-state index is 11.8. The fourth-order valence-corrected chi connectivity index (χ4v) is 1.71. The number of nitrogens with zero attached hydrogens (tertiary/aromatic N) is 1. The molecule has 0 rings (SSSR count). The van der Waals surface area contributed by atoms with Gasteiger partial charge in [-0.25, -0.2) is 0 Å². The van der Waals surface area contributed by atoms with Gasteiger partial charge in [0, 0.05) is 18.6 Å². The third kappa shape index (κ3) is 4.34. The van der Waals surface area contributed by atoms with E-state index in [0.29, 0.717) is 5.78 Å². The Balaban J connectivity index is 4.09. The highest BCUT2D eigenvalue weighted by molar-refractivity contribution is 7.36. The molecule has 82 valence electrons. The number of hydrogen-bond acceptors (Lipinski definition) is 2. The van der Waals surface area contributed by atoms with Crippen molar-refractivity contribution in [2.24, 2.45) is 5.92 Å². The molecule has 0 aromatic rings. The molecule has 0 fully saturated rings. The summed E-state index contributed by atoms with van der Waals surface area (Å²) in [4.78, 5) is 13.9. The van der Waals surface area contributed by atoms with Crippen molar-refractivity contribution in [1.29, 1.82) is 0 Å². The lowest BCUT2D eigenvalue weighted by molar-refractivity contribution is -0.126. The van der Waals surface area contributed by atoms with Gasteiger partial charge >= 0.3 is 0 Å². The minimum absolute atomic E-state index is 0.0479. The van der Waals surface area contributed by atoms with Gasteiger partial charge in [-0.05, 0) is 20.4 Å². The van der Waals surface area contributed by atoms with Gasteiger partial charge in [-0.3, -0.25) is 9.69 Å². The van der Waals surface area contributed by atoms with Crippen molar-refractivity contribution in [2.45, 2.75) is 33.2 Å². The minimum Gasteiger partial charge on any atom is -0.298 e. The number of hydrogen-bond donors (Lipinski definition) is 0. The minimum atomic E-state index is 0.0479. The number of rotatable bonds is 7. The summed E-state index contributed by atoms with van der Waals surface area (Å²) in [5.74, 6) is 0.542. The zero-order chi connectivity index (χ0) is 11.1. The largest absolute Gasteiger partial charge is 0.298 e. The van der Waals surface area contributed by atoms with Crippen LogP contribution in [0.4, 0.5) is 0 Å². The molecule has 3 heteroatoms. The van der Waals surface area contributed by atoms with Gasteiger partial charge in [0.2, 0.25) is 0 Å². The van der Waals surface area contributed by atoms with E-state index in [1.165, 1.54) is 0 Å². The Labute approximate surface area is 89.5 Å². The van der Waals surface area contributed by atoms with Crippen LogP contribution in [0.25, 0.3) is 0 Å². The first-order chi connectivity index (χ1) is 6.54. The SMILES string of the molecule is C=PCCN(C)C(C)C(=O)C(C)CC. The predicted molar refractivity (Wildman–Crippen MR) is 65.5 cm³/mol. The summed E-state index contributed by atoms with van der Waals surface area (Å²) in [5, 5.41) is 0. The van der Waals surface area contributed by atoms with Crippen LogP contribution in [0.15, 0.2) is 0 Å². The summed E-state index contributed by atoms with van der Waals surface area (Å²) in [7, 11) is 3.16. The Kier molecular flexibility index (Phi) is 7.04. The van der Waals surface area contributed by atoms with E-state index in [4.69, 9.17) is 0 Å². The van der Waals surface area contributed by atoms with Gasteiger partial charge < -0.3 is 0 Å². The molecule has 0 spiro atoms. The van der Waals surface area contributed by atoms with Crippen molar-refractivity contribution >= 4 is 20.3 Å². The van der Waals surface area contributed by atoms with Crippen molar-refractivity contribution in [2.75, 3.05) is 19.8 Å². The highest BCUT2D eigenvalue weighted by Gasteiger charge is 2.21. The predicted octanol–water partition coefficient (Wildman–Crippen LogP) is 2.30. The van der Waals surface area contributed by atoms with Gasteiger partial charge in [0.25, 0.3) is 0 Å². The van der Waals surface area contributed by atoms with Gasteiger partial charge in [-0.15, -0.1) is 8.20 Å². The Morgan fingerprint density at radius 2 is 2.07 bits per heavy atom. The summed E-state index contributed by atoms with van der Waals surface area (Å²) in [5.41, 5.74) is 0. The summed E-state index contributed by atoms with van der Waals surface area (Å²) in [6.45, 7) is 7.01. The molecule has 0 amide bonds. The summed E-state index contributed by atoms with van der Waals surface area (Å²) >= 11 is 0. The lowest BCUT2D eigenvalue weighted by Gasteiger charge is -2.24. The van der Waals surface area contributed by atoms with E-state index in [1.807, 2.05) is 20.9 Å². The molecule has 0 saturated heterocycles. The average Bonchev–Trinajstić information content (AvgIpc) is 2.22. The molecule has 0 heterocycles. The van der Waals surface area contributed by atoms with Gasteiger partial charge in [0.15, 0.2) is 5.78 Å². The van der Waals surface area contributed by atoms with Crippen molar-refractivity contribution in [3.8, 4) is 0 Å². The van der Waals surface area contributed by atoms with Crippen LogP contribution in [0.1, 0.15) is 27.2 Å². The number of likely N-dealkylation sites (N-methyl/N-ethyl adjacent to an activating group) is 1. The van der Waals surface area contributed by atoms with E-state index in [1.54, 1.807) is 0 Å². The van der Waals surface area contributed by atoms with E-state index >= 15 is 0 Å². The molecule has 0 aromatic carbocycles. The fraction of sp³-hybridized carbons (Fsp3) is 0.818. The number of carbonyl (C=O) groups is 1. The standard InChI is InChI=1S/C11H22NOP/c1-6-9(2)11(13)10(3)12(4)7-8-14-5/h9-10H,5-8H2,1-4H3.